The topological polar surface area (TPSA) is 19.6 Å². The molecule has 0 N–H and O–H groups in total. The summed E-state index contributed by atoms with van der Waals surface area (Å²) in [5.74, 6) is 0. The van der Waals surface area contributed by atoms with Crippen LogP contribution in [0.25, 0.3) is 44.2 Å². The van der Waals surface area contributed by atoms with E-state index >= 15 is 0 Å². The van der Waals surface area contributed by atoms with Gasteiger partial charge in [-0.3, -0.25) is 0 Å². The smallest absolute Gasteiger partial charge is 0.137 e. The summed E-state index contributed by atoms with van der Waals surface area (Å²) >= 11 is 0. The van der Waals surface area contributed by atoms with Crippen molar-refractivity contribution in [1.82, 2.24) is 0 Å². The van der Waals surface area contributed by atoms with Gasteiger partial charge in [0.1, 0.15) is 11.2 Å². The molecule has 0 aliphatic heterocycles. The van der Waals surface area contributed by atoms with Crippen molar-refractivity contribution in [2.24, 2.45) is 0 Å². The van der Waals surface area contributed by atoms with E-state index in [4.69, 9.17) is 4.42 Å². The van der Waals surface area contributed by atoms with Gasteiger partial charge < -0.3 is 14.2 Å². The third-order valence-corrected chi connectivity index (χ3v) is 9.39. The second kappa shape index (κ2) is 13.2. The molecule has 1 aromatic heterocycles. The van der Waals surface area contributed by atoms with Crippen LogP contribution in [0.1, 0.15) is 0 Å². The van der Waals surface area contributed by atoms with Crippen LogP contribution in [-0.4, -0.2) is 0 Å². The third kappa shape index (κ3) is 5.92. The molecule has 0 fully saturated rings. The lowest BCUT2D eigenvalue weighted by Gasteiger charge is -2.27. The first-order valence-corrected chi connectivity index (χ1v) is 17.3. The Kier molecular flexibility index (Phi) is 7.84. The van der Waals surface area contributed by atoms with Crippen molar-refractivity contribution in [2.45, 2.75) is 0 Å². The fourth-order valence-electron chi connectivity index (χ4n) is 6.99. The summed E-state index contributed by atoms with van der Waals surface area (Å²) in [5, 5.41) is 2.15. The number of nitrogens with zero attached hydrogens (tertiary/aromatic N) is 2. The van der Waals surface area contributed by atoms with Gasteiger partial charge in [-0.2, -0.15) is 0 Å². The fraction of sp³-hybridized carbons (Fsp3) is 0. The normalized spacial score (nSPS) is 11.1. The lowest BCUT2D eigenvalue weighted by Crippen LogP contribution is -2.10. The molecule has 0 radical (unpaired) electrons. The Balaban J connectivity index is 1.19. The van der Waals surface area contributed by atoms with Gasteiger partial charge in [0, 0.05) is 51.0 Å². The summed E-state index contributed by atoms with van der Waals surface area (Å²) in [4.78, 5) is 4.61. The van der Waals surface area contributed by atoms with Crippen LogP contribution in [0.5, 0.6) is 0 Å². The van der Waals surface area contributed by atoms with Gasteiger partial charge in [-0.25, -0.2) is 0 Å². The summed E-state index contributed by atoms with van der Waals surface area (Å²) in [5.41, 5.74) is 12.8. The summed E-state index contributed by atoms with van der Waals surface area (Å²) in [6.45, 7) is 0. The lowest BCUT2D eigenvalue weighted by atomic mass is 9.97. The van der Waals surface area contributed by atoms with Gasteiger partial charge in [0.2, 0.25) is 0 Å². The lowest BCUT2D eigenvalue weighted by molar-refractivity contribution is 0.669. The van der Waals surface area contributed by atoms with Crippen molar-refractivity contribution in [3.63, 3.8) is 0 Å². The van der Waals surface area contributed by atoms with Crippen LogP contribution in [0.4, 0.5) is 34.1 Å². The highest BCUT2D eigenvalue weighted by Crippen LogP contribution is 2.43. The molecule has 0 bridgehead atoms. The van der Waals surface area contributed by atoms with Crippen LogP contribution in [0.2, 0.25) is 0 Å². The number of anilines is 6. The van der Waals surface area contributed by atoms with Crippen molar-refractivity contribution in [3.05, 3.63) is 206 Å². The minimum atomic E-state index is 0.842. The monoisotopic (exact) mass is 654 g/mol. The molecule has 0 amide bonds. The van der Waals surface area contributed by atoms with Crippen LogP contribution in [0.15, 0.2) is 211 Å². The molecule has 242 valence electrons. The largest absolute Gasteiger partial charge is 0.456 e. The van der Waals surface area contributed by atoms with Crippen LogP contribution < -0.4 is 9.80 Å². The zero-order valence-electron chi connectivity index (χ0n) is 27.9. The number of fused-ring (bicyclic) bond motifs is 3. The number of benzene rings is 8. The first-order valence-electron chi connectivity index (χ1n) is 17.3. The summed E-state index contributed by atoms with van der Waals surface area (Å²) in [7, 11) is 0. The molecule has 8 aromatic carbocycles. The van der Waals surface area contributed by atoms with E-state index in [1.165, 1.54) is 11.1 Å². The van der Waals surface area contributed by atoms with Crippen LogP contribution >= 0.6 is 0 Å². The highest BCUT2D eigenvalue weighted by molar-refractivity contribution is 6.08. The standard InChI is InChI=1S/C48H34N2O/c1-6-16-35(17-7-1)37-30-38(36-18-8-2-9-19-36)32-44(31-37)50(41-24-14-5-15-25-41)43-26-28-45-46-33-42(27-29-47(46)51-48(45)34-43)49(39-20-10-3-11-21-39)40-22-12-4-13-23-40/h1-34H. The molecule has 0 saturated heterocycles. The zero-order valence-corrected chi connectivity index (χ0v) is 27.9. The number of hydrogen-bond donors (Lipinski definition) is 0. The van der Waals surface area contributed by atoms with E-state index < -0.39 is 0 Å². The van der Waals surface area contributed by atoms with Gasteiger partial charge in [0.15, 0.2) is 0 Å². The molecule has 1 heterocycles. The maximum atomic E-state index is 6.60. The van der Waals surface area contributed by atoms with Crippen molar-refractivity contribution >= 4 is 56.1 Å². The Hall–Kier alpha value is -6.84. The zero-order chi connectivity index (χ0) is 34.0. The number of hydrogen-bond acceptors (Lipinski definition) is 3. The average Bonchev–Trinajstić information content (AvgIpc) is 3.57. The Morgan fingerprint density at radius 2 is 0.686 bits per heavy atom. The van der Waals surface area contributed by atoms with Crippen LogP contribution in [0.3, 0.4) is 0 Å². The Bertz CT molecular complexity index is 2470. The molecule has 3 nitrogen and oxygen atoms in total. The van der Waals surface area contributed by atoms with Gasteiger partial charge in [0.05, 0.1) is 0 Å². The summed E-state index contributed by atoms with van der Waals surface area (Å²) < 4.78 is 6.60. The SMILES string of the molecule is c1ccc(-c2cc(-c3ccccc3)cc(N(c3ccccc3)c3ccc4c(c3)oc3ccc(N(c5ccccc5)c5ccccc5)cc34)c2)cc1. The minimum Gasteiger partial charge on any atom is -0.456 e. The summed E-state index contributed by atoms with van der Waals surface area (Å²) in [6, 6.07) is 72.7. The van der Waals surface area contributed by atoms with Crippen molar-refractivity contribution in [1.29, 1.82) is 0 Å². The van der Waals surface area contributed by atoms with Gasteiger partial charge in [0.25, 0.3) is 0 Å². The molecule has 0 spiro atoms. The highest BCUT2D eigenvalue weighted by Gasteiger charge is 2.19. The van der Waals surface area contributed by atoms with E-state index in [0.29, 0.717) is 0 Å². The number of para-hydroxylation sites is 3. The molecular formula is C48H34N2O. The molecule has 0 aliphatic rings. The van der Waals surface area contributed by atoms with Crippen molar-refractivity contribution in [3.8, 4) is 22.3 Å². The third-order valence-electron chi connectivity index (χ3n) is 9.39. The molecule has 0 atom stereocenters. The molecule has 0 saturated carbocycles. The molecular weight excluding hydrogens is 621 g/mol. The van der Waals surface area contributed by atoms with Gasteiger partial charge in [-0.15, -0.1) is 0 Å². The quantitative estimate of drug-likeness (QED) is 0.163. The van der Waals surface area contributed by atoms with Crippen LogP contribution in [-0.2, 0) is 0 Å². The van der Waals surface area contributed by atoms with Crippen LogP contribution in [0, 0.1) is 0 Å². The number of furan rings is 1. The first kappa shape index (κ1) is 30.2. The maximum Gasteiger partial charge on any atom is 0.137 e. The predicted molar refractivity (Wildman–Crippen MR) is 214 cm³/mol. The Morgan fingerprint density at radius 1 is 0.255 bits per heavy atom. The van der Waals surface area contributed by atoms with E-state index in [1.807, 2.05) is 0 Å². The molecule has 0 aliphatic carbocycles. The molecule has 9 rings (SSSR count). The second-order valence-electron chi connectivity index (χ2n) is 12.6. The van der Waals surface area contributed by atoms with Gasteiger partial charge >= 0.3 is 0 Å². The van der Waals surface area contributed by atoms with Crippen molar-refractivity contribution in [2.75, 3.05) is 9.80 Å². The van der Waals surface area contributed by atoms with E-state index in [-0.39, 0.29) is 0 Å². The van der Waals surface area contributed by atoms with E-state index in [0.717, 1.165) is 67.2 Å². The van der Waals surface area contributed by atoms with Gasteiger partial charge in [-0.1, -0.05) is 115 Å². The van der Waals surface area contributed by atoms with E-state index in [1.54, 1.807) is 0 Å². The van der Waals surface area contributed by atoms with Gasteiger partial charge in [-0.05, 0) is 107 Å². The minimum absolute atomic E-state index is 0.842. The Morgan fingerprint density at radius 3 is 1.20 bits per heavy atom. The second-order valence-corrected chi connectivity index (χ2v) is 12.6. The predicted octanol–water partition coefficient (Wildman–Crippen LogP) is 13.9. The average molecular weight is 655 g/mol. The molecule has 3 heteroatoms. The first-order chi connectivity index (χ1) is 25.3. The molecule has 9 aromatic rings. The molecule has 0 unspecified atom stereocenters. The summed E-state index contributed by atoms with van der Waals surface area (Å²) in [6.07, 6.45) is 0. The highest BCUT2D eigenvalue weighted by atomic mass is 16.3. The fourth-order valence-corrected chi connectivity index (χ4v) is 6.99. The maximum absolute atomic E-state index is 6.60. The number of rotatable bonds is 8. The Labute approximate surface area is 297 Å². The van der Waals surface area contributed by atoms with Crippen molar-refractivity contribution < 1.29 is 4.42 Å². The van der Waals surface area contributed by atoms with E-state index in [2.05, 4.69) is 216 Å². The van der Waals surface area contributed by atoms with E-state index in [9.17, 15) is 0 Å². The molecule has 51 heavy (non-hydrogen) atoms.